The van der Waals surface area contributed by atoms with Crippen molar-refractivity contribution < 1.29 is 9.18 Å². The lowest BCUT2D eigenvalue weighted by molar-refractivity contribution is -0.117. The quantitative estimate of drug-likeness (QED) is 0.738. The van der Waals surface area contributed by atoms with Crippen LogP contribution in [-0.2, 0) is 4.79 Å². The Morgan fingerprint density at radius 1 is 1.18 bits per heavy atom. The van der Waals surface area contributed by atoms with Crippen LogP contribution >= 0.6 is 0 Å². The number of piperazine rings is 1. The van der Waals surface area contributed by atoms with E-state index in [1.165, 1.54) is 12.4 Å². The van der Waals surface area contributed by atoms with Crippen LogP contribution in [0.3, 0.4) is 0 Å². The van der Waals surface area contributed by atoms with Crippen molar-refractivity contribution in [1.82, 2.24) is 24.5 Å². The fourth-order valence-corrected chi connectivity index (χ4v) is 3.46. The lowest BCUT2D eigenvalue weighted by Crippen LogP contribution is -2.49. The number of rotatable bonds is 4. The van der Waals surface area contributed by atoms with Crippen LogP contribution in [0.1, 0.15) is 11.3 Å². The first kappa shape index (κ1) is 18.3. The first-order chi connectivity index (χ1) is 13.5. The molecule has 4 rings (SSSR count). The van der Waals surface area contributed by atoms with Crippen LogP contribution in [0.15, 0.2) is 30.6 Å². The Bertz CT molecular complexity index is 1010. The molecule has 1 fully saturated rings. The van der Waals surface area contributed by atoms with E-state index >= 15 is 0 Å². The molecule has 0 bridgehead atoms. The number of carbonyl (C=O) groups excluding carboxylic acids is 1. The zero-order valence-electron chi connectivity index (χ0n) is 15.9. The van der Waals surface area contributed by atoms with Crippen molar-refractivity contribution in [2.45, 2.75) is 13.8 Å². The SMILES string of the molecule is Cc1nc2ncnn2c(N2CCN(CC(=O)Nc3ccccc3F)CC2)c1C. The fourth-order valence-electron chi connectivity index (χ4n) is 3.46. The minimum absolute atomic E-state index is 0.211. The van der Waals surface area contributed by atoms with Crippen molar-refractivity contribution >= 4 is 23.2 Å². The van der Waals surface area contributed by atoms with Crippen LogP contribution in [0.4, 0.5) is 15.9 Å². The summed E-state index contributed by atoms with van der Waals surface area (Å²) in [6, 6.07) is 6.18. The Morgan fingerprint density at radius 3 is 2.68 bits per heavy atom. The number of halogens is 1. The van der Waals surface area contributed by atoms with E-state index < -0.39 is 5.82 Å². The molecule has 0 saturated carbocycles. The average molecular weight is 383 g/mol. The molecule has 1 aromatic carbocycles. The number of para-hydroxylation sites is 1. The lowest BCUT2D eigenvalue weighted by atomic mass is 10.2. The number of fused-ring (bicyclic) bond motifs is 1. The summed E-state index contributed by atoms with van der Waals surface area (Å²) in [6.07, 6.45) is 1.51. The standard InChI is InChI=1S/C19H22FN7O/c1-13-14(2)23-19-21-12-22-27(19)18(13)26-9-7-25(8-10-26)11-17(28)24-16-6-4-3-5-15(16)20/h3-6,12H,7-11H2,1-2H3,(H,24,28). The predicted molar refractivity (Wildman–Crippen MR) is 104 cm³/mol. The van der Waals surface area contributed by atoms with Gasteiger partial charge in [0.25, 0.3) is 5.78 Å². The summed E-state index contributed by atoms with van der Waals surface area (Å²) < 4.78 is 15.5. The molecule has 1 amide bonds. The molecule has 1 aliphatic heterocycles. The second kappa shape index (κ2) is 7.51. The van der Waals surface area contributed by atoms with E-state index in [0.717, 1.165) is 43.3 Å². The molecule has 0 atom stereocenters. The number of hydrogen-bond acceptors (Lipinski definition) is 6. The van der Waals surface area contributed by atoms with Crippen molar-refractivity contribution in [2.75, 3.05) is 42.9 Å². The molecule has 0 spiro atoms. The smallest absolute Gasteiger partial charge is 0.254 e. The fraction of sp³-hybridized carbons (Fsp3) is 0.368. The van der Waals surface area contributed by atoms with Gasteiger partial charge in [0.15, 0.2) is 0 Å². The van der Waals surface area contributed by atoms with Gasteiger partial charge in [-0.3, -0.25) is 9.69 Å². The number of carbonyl (C=O) groups is 1. The number of aryl methyl sites for hydroxylation is 1. The Hall–Kier alpha value is -3.07. The number of amides is 1. The zero-order valence-corrected chi connectivity index (χ0v) is 15.9. The van der Waals surface area contributed by atoms with E-state index in [9.17, 15) is 9.18 Å². The summed E-state index contributed by atoms with van der Waals surface area (Å²) >= 11 is 0. The van der Waals surface area contributed by atoms with Gasteiger partial charge in [-0.2, -0.15) is 14.6 Å². The summed E-state index contributed by atoms with van der Waals surface area (Å²) in [4.78, 5) is 25.2. The van der Waals surface area contributed by atoms with E-state index in [4.69, 9.17) is 0 Å². The Morgan fingerprint density at radius 2 is 1.93 bits per heavy atom. The van der Waals surface area contributed by atoms with Gasteiger partial charge in [-0.1, -0.05) is 12.1 Å². The summed E-state index contributed by atoms with van der Waals surface area (Å²) in [6.45, 7) is 7.20. The number of aromatic nitrogens is 4. The Balaban J connectivity index is 1.40. The molecule has 0 unspecified atom stereocenters. The number of benzene rings is 1. The van der Waals surface area contributed by atoms with Crippen molar-refractivity contribution in [3.05, 3.63) is 47.7 Å². The number of nitrogens with one attached hydrogen (secondary N) is 1. The highest BCUT2D eigenvalue weighted by atomic mass is 19.1. The van der Waals surface area contributed by atoms with Crippen molar-refractivity contribution in [3.63, 3.8) is 0 Å². The van der Waals surface area contributed by atoms with E-state index in [-0.39, 0.29) is 18.1 Å². The zero-order chi connectivity index (χ0) is 19.7. The summed E-state index contributed by atoms with van der Waals surface area (Å²) in [5, 5.41) is 6.94. The molecule has 1 N–H and O–H groups in total. The molecule has 3 heterocycles. The monoisotopic (exact) mass is 383 g/mol. The number of anilines is 2. The maximum atomic E-state index is 13.7. The van der Waals surface area contributed by atoms with Crippen molar-refractivity contribution in [2.24, 2.45) is 0 Å². The third-order valence-electron chi connectivity index (χ3n) is 5.06. The largest absolute Gasteiger partial charge is 0.354 e. The van der Waals surface area contributed by atoms with Crippen LogP contribution in [0.2, 0.25) is 0 Å². The molecule has 0 aliphatic carbocycles. The third kappa shape index (κ3) is 3.53. The van der Waals surface area contributed by atoms with Gasteiger partial charge in [0, 0.05) is 37.4 Å². The van der Waals surface area contributed by atoms with Gasteiger partial charge in [0.05, 0.1) is 12.2 Å². The highest BCUT2D eigenvalue weighted by molar-refractivity contribution is 5.92. The second-order valence-electron chi connectivity index (χ2n) is 6.91. The first-order valence-electron chi connectivity index (χ1n) is 9.21. The summed E-state index contributed by atoms with van der Waals surface area (Å²) in [5.41, 5.74) is 2.22. The molecule has 8 nitrogen and oxygen atoms in total. The minimum atomic E-state index is -0.430. The molecule has 1 saturated heterocycles. The van der Waals surface area contributed by atoms with E-state index in [1.807, 2.05) is 13.8 Å². The van der Waals surface area contributed by atoms with Crippen LogP contribution in [0.25, 0.3) is 5.78 Å². The number of nitrogens with zero attached hydrogens (tertiary/aromatic N) is 6. The van der Waals surface area contributed by atoms with Gasteiger partial charge in [0.2, 0.25) is 5.91 Å². The predicted octanol–water partition coefficient (Wildman–Crippen LogP) is 1.64. The second-order valence-corrected chi connectivity index (χ2v) is 6.91. The normalized spacial score (nSPS) is 15.2. The van der Waals surface area contributed by atoms with Gasteiger partial charge in [-0.15, -0.1) is 0 Å². The molecule has 3 aromatic rings. The summed E-state index contributed by atoms with van der Waals surface area (Å²) in [7, 11) is 0. The maximum Gasteiger partial charge on any atom is 0.254 e. The third-order valence-corrected chi connectivity index (χ3v) is 5.06. The minimum Gasteiger partial charge on any atom is -0.354 e. The molecule has 146 valence electrons. The van der Waals surface area contributed by atoms with E-state index in [2.05, 4.69) is 30.2 Å². The highest BCUT2D eigenvalue weighted by Gasteiger charge is 2.23. The maximum absolute atomic E-state index is 13.7. The van der Waals surface area contributed by atoms with Crippen LogP contribution in [-0.4, -0.2) is 63.1 Å². The van der Waals surface area contributed by atoms with Crippen molar-refractivity contribution in [1.29, 1.82) is 0 Å². The Labute approximate surface area is 162 Å². The molecule has 28 heavy (non-hydrogen) atoms. The van der Waals surface area contributed by atoms with Crippen LogP contribution in [0.5, 0.6) is 0 Å². The molecular formula is C19H22FN7O. The molecular weight excluding hydrogens is 361 g/mol. The highest BCUT2D eigenvalue weighted by Crippen LogP contribution is 2.23. The number of hydrogen-bond donors (Lipinski definition) is 1. The van der Waals surface area contributed by atoms with Gasteiger partial charge >= 0.3 is 0 Å². The van der Waals surface area contributed by atoms with Crippen LogP contribution < -0.4 is 10.2 Å². The lowest BCUT2D eigenvalue weighted by Gasteiger charge is -2.36. The van der Waals surface area contributed by atoms with Crippen LogP contribution in [0, 0.1) is 19.7 Å². The molecule has 0 radical (unpaired) electrons. The molecule has 9 heteroatoms. The average Bonchev–Trinajstić information content (AvgIpc) is 3.13. The van der Waals surface area contributed by atoms with Gasteiger partial charge in [-0.05, 0) is 26.0 Å². The van der Waals surface area contributed by atoms with Gasteiger partial charge < -0.3 is 10.2 Å². The topological polar surface area (TPSA) is 78.7 Å². The first-order valence-corrected chi connectivity index (χ1v) is 9.21. The van der Waals surface area contributed by atoms with Crippen molar-refractivity contribution in [3.8, 4) is 0 Å². The summed E-state index contributed by atoms with van der Waals surface area (Å²) in [5.74, 6) is 0.939. The van der Waals surface area contributed by atoms with Gasteiger partial charge in [0.1, 0.15) is 18.0 Å². The Kier molecular flexibility index (Phi) is 4.91. The van der Waals surface area contributed by atoms with E-state index in [1.54, 1.807) is 22.7 Å². The molecule has 2 aromatic heterocycles. The molecule has 1 aliphatic rings. The van der Waals surface area contributed by atoms with E-state index in [0.29, 0.717) is 5.78 Å². The van der Waals surface area contributed by atoms with Gasteiger partial charge in [-0.25, -0.2) is 9.37 Å².